The first-order chi connectivity index (χ1) is 18.0. The third-order valence-electron chi connectivity index (χ3n) is 5.12. The highest BCUT2D eigenvalue weighted by molar-refractivity contribution is 6.48. The van der Waals surface area contributed by atoms with Gasteiger partial charge in [-0.3, -0.25) is 15.6 Å². The summed E-state index contributed by atoms with van der Waals surface area (Å²) in [5.74, 6) is -7.85. The molecule has 1 amide bonds. The maximum atomic E-state index is 14.9. The predicted octanol–water partition coefficient (Wildman–Crippen LogP) is 9.36. The third kappa shape index (κ3) is 7.31. The van der Waals surface area contributed by atoms with Gasteiger partial charge in [-0.25, -0.2) is 13.2 Å². The zero-order valence-electron chi connectivity index (χ0n) is 18.7. The molecule has 208 valence electrons. The maximum Gasteiger partial charge on any atom is 0.417 e. The standard InChI is InChI=1S/C24H12Cl3F9N2O/c25-16-6-11(7-17(26)21(16)27)14(23(31,32)33)9-19(30)10-1-3-13(15(5-10)24(34,35)36)22(39)38-37-20-8-12(28)2-4-18(20)29/h1-9,14,37H,(H,38,39). The molecular formula is C24H12Cl3F9N2O. The van der Waals surface area contributed by atoms with Crippen LogP contribution in [0.2, 0.25) is 15.1 Å². The van der Waals surface area contributed by atoms with Crippen LogP contribution in [0.1, 0.15) is 33.0 Å². The molecule has 0 aromatic heterocycles. The van der Waals surface area contributed by atoms with Gasteiger partial charge in [0, 0.05) is 11.6 Å². The van der Waals surface area contributed by atoms with Crippen molar-refractivity contribution in [2.45, 2.75) is 18.3 Å². The molecular weight excluding hydrogens is 610 g/mol. The highest BCUT2D eigenvalue weighted by Crippen LogP contribution is 2.42. The molecule has 0 radical (unpaired) electrons. The van der Waals surface area contributed by atoms with E-state index in [0.717, 1.165) is 18.2 Å². The quantitative estimate of drug-likeness (QED) is 0.164. The second-order valence-corrected chi connectivity index (χ2v) is 8.99. The minimum Gasteiger partial charge on any atom is -0.295 e. The van der Waals surface area contributed by atoms with Crippen molar-refractivity contribution in [1.29, 1.82) is 0 Å². The van der Waals surface area contributed by atoms with Crippen molar-refractivity contribution in [3.63, 3.8) is 0 Å². The summed E-state index contributed by atoms with van der Waals surface area (Å²) in [6.07, 6.45) is -10.4. The van der Waals surface area contributed by atoms with E-state index in [9.17, 15) is 44.3 Å². The Morgan fingerprint density at radius 2 is 1.49 bits per heavy atom. The second kappa shape index (κ2) is 11.6. The van der Waals surface area contributed by atoms with Crippen LogP contribution in [0.25, 0.3) is 5.83 Å². The van der Waals surface area contributed by atoms with E-state index in [2.05, 4.69) is 0 Å². The first-order valence-electron chi connectivity index (χ1n) is 10.3. The van der Waals surface area contributed by atoms with Gasteiger partial charge in [-0.15, -0.1) is 0 Å². The number of hydrazine groups is 1. The van der Waals surface area contributed by atoms with Gasteiger partial charge in [0.25, 0.3) is 5.91 Å². The van der Waals surface area contributed by atoms with E-state index in [1.807, 2.05) is 5.43 Å². The molecule has 15 heteroatoms. The number of carbonyl (C=O) groups is 1. The van der Waals surface area contributed by atoms with Gasteiger partial charge in [0.15, 0.2) is 0 Å². The molecule has 0 fully saturated rings. The molecule has 0 saturated carbocycles. The van der Waals surface area contributed by atoms with Gasteiger partial charge in [0.1, 0.15) is 23.4 Å². The Balaban J connectivity index is 1.99. The highest BCUT2D eigenvalue weighted by Gasteiger charge is 2.41. The monoisotopic (exact) mass is 620 g/mol. The second-order valence-electron chi connectivity index (χ2n) is 7.79. The first-order valence-corrected chi connectivity index (χ1v) is 11.4. The number of allylic oxidation sites excluding steroid dienone is 1. The van der Waals surface area contributed by atoms with Crippen LogP contribution < -0.4 is 10.9 Å². The molecule has 0 aliphatic rings. The number of benzene rings is 3. The van der Waals surface area contributed by atoms with Gasteiger partial charge in [-0.1, -0.05) is 40.9 Å². The van der Waals surface area contributed by atoms with Crippen LogP contribution in [0.3, 0.4) is 0 Å². The van der Waals surface area contributed by atoms with Crippen molar-refractivity contribution in [1.82, 2.24) is 5.43 Å². The SMILES string of the molecule is O=C(NNc1cc(F)ccc1F)c1ccc(C(F)=CC(c2cc(Cl)c(Cl)c(Cl)c2)C(F)(F)F)cc1C(F)(F)F. The molecule has 3 aromatic rings. The normalized spacial score (nSPS) is 13.3. The third-order valence-corrected chi connectivity index (χ3v) is 6.31. The number of rotatable bonds is 6. The summed E-state index contributed by atoms with van der Waals surface area (Å²) in [5.41, 5.74) is -1.33. The van der Waals surface area contributed by atoms with E-state index >= 15 is 0 Å². The molecule has 2 N–H and O–H groups in total. The lowest BCUT2D eigenvalue weighted by Crippen LogP contribution is -2.31. The Labute approximate surface area is 229 Å². The summed E-state index contributed by atoms with van der Waals surface area (Å²) < 4.78 is 124. The van der Waals surface area contributed by atoms with Gasteiger partial charge in [-0.2, -0.15) is 26.3 Å². The predicted molar refractivity (Wildman–Crippen MR) is 128 cm³/mol. The fourth-order valence-electron chi connectivity index (χ4n) is 3.29. The van der Waals surface area contributed by atoms with E-state index in [4.69, 9.17) is 34.8 Å². The number of alkyl halides is 6. The topological polar surface area (TPSA) is 41.1 Å². The van der Waals surface area contributed by atoms with E-state index in [0.29, 0.717) is 24.3 Å². The van der Waals surface area contributed by atoms with Crippen molar-refractivity contribution in [2.24, 2.45) is 0 Å². The summed E-state index contributed by atoms with van der Waals surface area (Å²) in [6, 6.07) is 4.87. The van der Waals surface area contributed by atoms with E-state index in [-0.39, 0.29) is 27.2 Å². The van der Waals surface area contributed by atoms with Crippen LogP contribution in [0.5, 0.6) is 0 Å². The fraction of sp³-hybridized carbons (Fsp3) is 0.125. The van der Waals surface area contributed by atoms with Gasteiger partial charge in [0.2, 0.25) is 0 Å². The van der Waals surface area contributed by atoms with Crippen LogP contribution in [0, 0.1) is 11.6 Å². The van der Waals surface area contributed by atoms with Crippen molar-refractivity contribution in [3.05, 3.63) is 104 Å². The number of carbonyl (C=O) groups excluding carboxylic acids is 1. The van der Waals surface area contributed by atoms with Crippen LogP contribution in [-0.2, 0) is 6.18 Å². The van der Waals surface area contributed by atoms with E-state index in [1.165, 1.54) is 0 Å². The Hall–Kier alpha value is -3.09. The summed E-state index contributed by atoms with van der Waals surface area (Å²) >= 11 is 17.2. The van der Waals surface area contributed by atoms with Crippen molar-refractivity contribution >= 4 is 52.2 Å². The van der Waals surface area contributed by atoms with Crippen LogP contribution >= 0.6 is 34.8 Å². The highest BCUT2D eigenvalue weighted by atomic mass is 35.5. The molecule has 1 unspecified atom stereocenters. The average Bonchev–Trinajstić information content (AvgIpc) is 2.84. The summed E-state index contributed by atoms with van der Waals surface area (Å²) in [4.78, 5) is 12.4. The zero-order valence-corrected chi connectivity index (χ0v) is 21.0. The largest absolute Gasteiger partial charge is 0.417 e. The van der Waals surface area contributed by atoms with Crippen molar-refractivity contribution < 1.29 is 44.3 Å². The molecule has 0 spiro atoms. The molecule has 1 atom stereocenters. The number of amides is 1. The smallest absolute Gasteiger partial charge is 0.295 e. The van der Waals surface area contributed by atoms with Crippen LogP contribution in [0.4, 0.5) is 45.2 Å². The molecule has 0 heterocycles. The lowest BCUT2D eigenvalue weighted by molar-refractivity contribution is -0.140. The molecule has 3 nitrogen and oxygen atoms in total. The van der Waals surface area contributed by atoms with Gasteiger partial charge < -0.3 is 0 Å². The Kier molecular flexibility index (Phi) is 9.03. The van der Waals surface area contributed by atoms with Crippen molar-refractivity contribution in [2.75, 3.05) is 5.43 Å². The lowest BCUT2D eigenvalue weighted by Gasteiger charge is -2.19. The average molecular weight is 622 g/mol. The number of nitrogens with one attached hydrogen (secondary N) is 2. The molecule has 0 aliphatic carbocycles. The van der Waals surface area contributed by atoms with Crippen LogP contribution in [0.15, 0.2) is 54.6 Å². The van der Waals surface area contributed by atoms with E-state index < -0.39 is 69.6 Å². The maximum absolute atomic E-state index is 14.9. The number of anilines is 1. The van der Waals surface area contributed by atoms with Gasteiger partial charge in [-0.05, 0) is 48.0 Å². The number of hydrogen-bond donors (Lipinski definition) is 2. The summed E-state index contributed by atoms with van der Waals surface area (Å²) in [7, 11) is 0. The molecule has 0 saturated heterocycles. The molecule has 0 aliphatic heterocycles. The minimum absolute atomic E-state index is 0.0133. The van der Waals surface area contributed by atoms with E-state index in [1.54, 1.807) is 5.43 Å². The van der Waals surface area contributed by atoms with Crippen LogP contribution in [-0.4, -0.2) is 12.1 Å². The fourth-order valence-corrected chi connectivity index (χ4v) is 3.90. The number of halogens is 12. The summed E-state index contributed by atoms with van der Waals surface area (Å²) in [5, 5.41) is -1.00. The molecule has 39 heavy (non-hydrogen) atoms. The Morgan fingerprint density at radius 3 is 2.05 bits per heavy atom. The van der Waals surface area contributed by atoms with Crippen molar-refractivity contribution in [3.8, 4) is 0 Å². The first kappa shape index (κ1) is 30.5. The molecule has 0 bridgehead atoms. The van der Waals surface area contributed by atoms with Gasteiger partial charge >= 0.3 is 12.4 Å². The molecule has 3 aromatic carbocycles. The minimum atomic E-state index is -5.27. The zero-order chi connectivity index (χ0) is 29.3. The Bertz CT molecular complexity index is 1420. The lowest BCUT2D eigenvalue weighted by atomic mass is 9.95. The Morgan fingerprint density at radius 1 is 0.872 bits per heavy atom. The summed E-state index contributed by atoms with van der Waals surface area (Å²) in [6.45, 7) is 0. The van der Waals surface area contributed by atoms with Gasteiger partial charge in [0.05, 0.1) is 31.9 Å². The number of hydrogen-bond acceptors (Lipinski definition) is 2. The molecule has 3 rings (SSSR count).